The highest BCUT2D eigenvalue weighted by atomic mass is 16.5. The topological polar surface area (TPSA) is 89.0 Å². The molecule has 1 aliphatic rings. The molecule has 0 aliphatic carbocycles. The number of nitrogens with zero attached hydrogens (tertiary/aromatic N) is 2. The van der Waals surface area contributed by atoms with E-state index >= 15 is 0 Å². The lowest BCUT2D eigenvalue weighted by Crippen LogP contribution is -2.41. The van der Waals surface area contributed by atoms with Gasteiger partial charge in [-0.1, -0.05) is 30.3 Å². The minimum absolute atomic E-state index is 0.205. The number of ketones is 1. The maximum atomic E-state index is 13.4. The molecule has 0 saturated carbocycles. The van der Waals surface area contributed by atoms with Crippen LogP contribution in [0.4, 0.5) is 5.69 Å². The molecule has 4 rings (SSSR count). The van der Waals surface area contributed by atoms with Crippen LogP contribution in [0.25, 0.3) is 0 Å². The number of hydrogen-bond donors (Lipinski definition) is 1. The zero-order chi connectivity index (χ0) is 22.0. The molecule has 0 fully saturated rings. The van der Waals surface area contributed by atoms with Crippen LogP contribution in [0.5, 0.6) is 11.5 Å². The second-order valence-corrected chi connectivity index (χ2v) is 7.27. The molecule has 1 aromatic heterocycles. The number of amides is 1. The van der Waals surface area contributed by atoms with Crippen LogP contribution in [0.2, 0.25) is 0 Å². The maximum absolute atomic E-state index is 13.4. The number of anilines is 1. The Balaban J connectivity index is 1.67. The quantitative estimate of drug-likeness (QED) is 0.593. The van der Waals surface area contributed by atoms with E-state index in [1.165, 1.54) is 11.1 Å². The summed E-state index contributed by atoms with van der Waals surface area (Å²) in [5, 5.41) is 11.4. The molecule has 1 unspecified atom stereocenters. The van der Waals surface area contributed by atoms with E-state index in [9.17, 15) is 14.7 Å². The van der Waals surface area contributed by atoms with Crippen molar-refractivity contribution in [2.75, 3.05) is 19.1 Å². The molecule has 1 amide bonds. The summed E-state index contributed by atoms with van der Waals surface area (Å²) in [7, 11) is 3.09. The molecule has 2 aromatic carbocycles. The van der Waals surface area contributed by atoms with Crippen molar-refractivity contribution in [1.82, 2.24) is 4.98 Å². The van der Waals surface area contributed by atoms with Gasteiger partial charge >= 0.3 is 0 Å². The van der Waals surface area contributed by atoms with Crippen LogP contribution in [0, 0.1) is 0 Å². The summed E-state index contributed by atoms with van der Waals surface area (Å²) in [5.74, 6) is 0.171. The van der Waals surface area contributed by atoms with Gasteiger partial charge < -0.3 is 19.5 Å². The van der Waals surface area contributed by atoms with E-state index < -0.39 is 17.3 Å². The summed E-state index contributed by atoms with van der Waals surface area (Å²) in [6, 6.07) is 17.3. The zero-order valence-corrected chi connectivity index (χ0v) is 17.2. The minimum Gasteiger partial charge on any atom is -0.493 e. The lowest BCUT2D eigenvalue weighted by Gasteiger charge is -2.23. The van der Waals surface area contributed by atoms with Gasteiger partial charge in [0.2, 0.25) is 0 Å². The third-order valence-electron chi connectivity index (χ3n) is 5.39. The first kappa shape index (κ1) is 20.6. The fourth-order valence-corrected chi connectivity index (χ4v) is 3.85. The number of carbonyl (C=O) groups excluding carboxylic acids is 2. The minimum atomic E-state index is -1.96. The predicted octanol–water partition coefficient (Wildman–Crippen LogP) is 3.11. The van der Waals surface area contributed by atoms with Gasteiger partial charge in [0.25, 0.3) is 5.91 Å². The van der Waals surface area contributed by atoms with Crippen LogP contribution in [0.3, 0.4) is 0 Å². The average Bonchev–Trinajstić information content (AvgIpc) is 3.01. The summed E-state index contributed by atoms with van der Waals surface area (Å²) in [6.07, 6.45) is 1.12. The Hall–Kier alpha value is -3.71. The van der Waals surface area contributed by atoms with E-state index in [4.69, 9.17) is 9.47 Å². The molecule has 2 heterocycles. The van der Waals surface area contributed by atoms with Crippen LogP contribution >= 0.6 is 0 Å². The van der Waals surface area contributed by atoms with Gasteiger partial charge in [-0.2, -0.15) is 0 Å². The van der Waals surface area contributed by atoms with Crippen molar-refractivity contribution >= 4 is 17.4 Å². The summed E-state index contributed by atoms with van der Waals surface area (Å²) in [5.41, 5.74) is 0.0193. The predicted molar refractivity (Wildman–Crippen MR) is 114 cm³/mol. The van der Waals surface area contributed by atoms with Crippen LogP contribution in [0.1, 0.15) is 28.0 Å². The van der Waals surface area contributed by atoms with E-state index in [2.05, 4.69) is 4.98 Å². The third-order valence-corrected chi connectivity index (χ3v) is 5.39. The number of para-hydroxylation sites is 1. The Morgan fingerprint density at radius 3 is 2.48 bits per heavy atom. The molecule has 158 valence electrons. The van der Waals surface area contributed by atoms with Gasteiger partial charge in [0.15, 0.2) is 22.9 Å². The molecular formula is C24H22N2O5. The highest BCUT2D eigenvalue weighted by Crippen LogP contribution is 2.43. The Morgan fingerprint density at radius 1 is 1.03 bits per heavy atom. The Morgan fingerprint density at radius 2 is 1.77 bits per heavy atom. The average molecular weight is 418 g/mol. The lowest BCUT2D eigenvalue weighted by atomic mass is 9.89. The SMILES string of the molecule is COc1ccc(CN2C(=O)C(O)(CC(=O)c3ccccn3)c3ccccc32)cc1OC. The number of rotatable bonds is 7. The first-order chi connectivity index (χ1) is 15.0. The summed E-state index contributed by atoms with van der Waals surface area (Å²) in [6.45, 7) is 0.205. The fraction of sp³-hybridized carbons (Fsp3) is 0.208. The molecule has 0 radical (unpaired) electrons. The van der Waals surface area contributed by atoms with Gasteiger partial charge in [0.05, 0.1) is 32.9 Å². The lowest BCUT2D eigenvalue weighted by molar-refractivity contribution is -0.136. The molecule has 0 bridgehead atoms. The van der Waals surface area contributed by atoms with Crippen molar-refractivity contribution in [1.29, 1.82) is 0 Å². The molecule has 1 aliphatic heterocycles. The monoisotopic (exact) mass is 418 g/mol. The largest absolute Gasteiger partial charge is 0.493 e. The van der Waals surface area contributed by atoms with Crippen molar-refractivity contribution in [2.24, 2.45) is 0 Å². The number of fused-ring (bicyclic) bond motifs is 1. The molecule has 0 spiro atoms. The van der Waals surface area contributed by atoms with E-state index in [1.54, 1.807) is 68.8 Å². The Labute approximate surface area is 179 Å². The first-order valence-corrected chi connectivity index (χ1v) is 9.77. The highest BCUT2D eigenvalue weighted by molar-refractivity contribution is 6.10. The summed E-state index contributed by atoms with van der Waals surface area (Å²) < 4.78 is 10.6. The van der Waals surface area contributed by atoms with E-state index in [0.717, 1.165) is 5.56 Å². The second-order valence-electron chi connectivity index (χ2n) is 7.27. The van der Waals surface area contributed by atoms with Crippen molar-refractivity contribution < 1.29 is 24.2 Å². The third kappa shape index (κ3) is 3.64. The van der Waals surface area contributed by atoms with Gasteiger partial charge in [-0.25, -0.2) is 0 Å². The second kappa shape index (κ2) is 8.20. The fourth-order valence-electron chi connectivity index (χ4n) is 3.85. The Bertz CT molecular complexity index is 1130. The van der Waals surface area contributed by atoms with Gasteiger partial charge in [0, 0.05) is 11.8 Å². The highest BCUT2D eigenvalue weighted by Gasteiger charge is 2.50. The molecule has 3 aromatic rings. The van der Waals surface area contributed by atoms with Crippen LogP contribution < -0.4 is 14.4 Å². The number of methoxy groups -OCH3 is 2. The smallest absolute Gasteiger partial charge is 0.264 e. The maximum Gasteiger partial charge on any atom is 0.264 e. The van der Waals surface area contributed by atoms with E-state index in [1.807, 2.05) is 6.07 Å². The molecule has 7 nitrogen and oxygen atoms in total. The molecule has 1 atom stereocenters. The first-order valence-electron chi connectivity index (χ1n) is 9.77. The molecule has 0 saturated heterocycles. The number of benzene rings is 2. The van der Waals surface area contributed by atoms with Crippen molar-refractivity contribution in [3.05, 3.63) is 83.7 Å². The van der Waals surface area contributed by atoms with E-state index in [-0.39, 0.29) is 18.7 Å². The van der Waals surface area contributed by atoms with Gasteiger partial charge in [-0.3, -0.25) is 14.6 Å². The number of Topliss-reactive ketones (excluding diaryl/α,β-unsaturated/α-hetero) is 1. The van der Waals surface area contributed by atoms with E-state index in [0.29, 0.717) is 22.7 Å². The van der Waals surface area contributed by atoms with Crippen LogP contribution in [-0.2, 0) is 16.9 Å². The van der Waals surface area contributed by atoms with Crippen LogP contribution in [-0.4, -0.2) is 36.0 Å². The number of aromatic nitrogens is 1. The van der Waals surface area contributed by atoms with Gasteiger partial charge in [0.1, 0.15) is 5.69 Å². The molecule has 1 N–H and O–H groups in total. The number of hydrogen-bond acceptors (Lipinski definition) is 6. The summed E-state index contributed by atoms with van der Waals surface area (Å²) >= 11 is 0. The molecule has 7 heteroatoms. The Kier molecular flexibility index (Phi) is 5.44. The standard InChI is InChI=1S/C24H22N2O5/c1-30-21-11-10-16(13-22(21)31-2)15-26-19-9-4-3-7-17(19)24(29,23(26)28)14-20(27)18-8-5-6-12-25-18/h3-13,29H,14-15H2,1-2H3. The molecule has 31 heavy (non-hydrogen) atoms. The zero-order valence-electron chi connectivity index (χ0n) is 17.2. The van der Waals surface area contributed by atoms with Gasteiger partial charge in [-0.15, -0.1) is 0 Å². The molecular weight excluding hydrogens is 396 g/mol. The number of ether oxygens (including phenoxy) is 2. The summed E-state index contributed by atoms with van der Waals surface area (Å²) in [4.78, 5) is 31.7. The van der Waals surface area contributed by atoms with Crippen molar-refractivity contribution in [2.45, 2.75) is 18.6 Å². The van der Waals surface area contributed by atoms with Crippen LogP contribution in [0.15, 0.2) is 66.9 Å². The van der Waals surface area contributed by atoms with Crippen molar-refractivity contribution in [3.8, 4) is 11.5 Å². The normalized spacial score (nSPS) is 17.4. The van der Waals surface area contributed by atoms with Gasteiger partial charge in [-0.05, 0) is 35.9 Å². The van der Waals surface area contributed by atoms with Crippen molar-refractivity contribution in [3.63, 3.8) is 0 Å². The number of carbonyl (C=O) groups is 2. The number of pyridine rings is 1. The number of aliphatic hydroxyl groups is 1.